The Morgan fingerprint density at radius 1 is 1.42 bits per heavy atom. The molecule has 1 aromatic carbocycles. The van der Waals surface area contributed by atoms with Crippen molar-refractivity contribution < 1.29 is 9.21 Å². The number of fused-ring (bicyclic) bond motifs is 1. The van der Waals surface area contributed by atoms with E-state index in [2.05, 4.69) is 19.2 Å². The third-order valence-electron chi connectivity index (χ3n) is 2.99. The lowest BCUT2D eigenvalue weighted by Crippen LogP contribution is -2.35. The first-order valence-electron chi connectivity index (χ1n) is 6.04. The van der Waals surface area contributed by atoms with E-state index >= 15 is 0 Å². The molecule has 1 heterocycles. The number of nitrogens with two attached hydrogens (primary N) is 1. The fourth-order valence-corrected chi connectivity index (χ4v) is 1.84. The maximum Gasteiger partial charge on any atom is 0.287 e. The number of anilines is 1. The van der Waals surface area contributed by atoms with E-state index in [-0.39, 0.29) is 10.7 Å². The number of hydrogen-bond donors (Lipinski definition) is 2. The number of nitrogens with one attached hydrogen (secondary N) is 1. The number of amides is 1. The summed E-state index contributed by atoms with van der Waals surface area (Å²) >= 11 is 1.71. The number of benzene rings is 1. The third kappa shape index (κ3) is 3.23. The van der Waals surface area contributed by atoms with E-state index in [4.69, 9.17) is 10.2 Å². The zero-order valence-electron chi connectivity index (χ0n) is 11.3. The van der Waals surface area contributed by atoms with Gasteiger partial charge in [-0.3, -0.25) is 4.79 Å². The lowest BCUT2D eigenvalue weighted by Gasteiger charge is -2.21. The molecule has 2 rings (SSSR count). The molecule has 102 valence electrons. The number of hydrogen-bond acceptors (Lipinski definition) is 4. The van der Waals surface area contributed by atoms with Gasteiger partial charge in [0.05, 0.1) is 0 Å². The van der Waals surface area contributed by atoms with Gasteiger partial charge in [0.25, 0.3) is 5.91 Å². The molecule has 1 amide bonds. The highest BCUT2D eigenvalue weighted by atomic mass is 32.2. The number of furan rings is 1. The quantitative estimate of drug-likeness (QED) is 0.844. The van der Waals surface area contributed by atoms with Crippen molar-refractivity contribution in [3.8, 4) is 0 Å². The average molecular weight is 278 g/mol. The van der Waals surface area contributed by atoms with Gasteiger partial charge in [-0.2, -0.15) is 11.8 Å². The van der Waals surface area contributed by atoms with Crippen molar-refractivity contribution in [1.29, 1.82) is 0 Å². The van der Waals surface area contributed by atoms with Gasteiger partial charge in [0.15, 0.2) is 5.76 Å². The normalized spacial score (nSPS) is 11.7. The number of carbonyl (C=O) groups excluding carboxylic acids is 1. The van der Waals surface area contributed by atoms with E-state index < -0.39 is 0 Å². The minimum atomic E-state index is -0.197. The van der Waals surface area contributed by atoms with Crippen LogP contribution in [0, 0.1) is 0 Å². The molecule has 0 saturated heterocycles. The molecule has 19 heavy (non-hydrogen) atoms. The maximum atomic E-state index is 12.0. The second kappa shape index (κ2) is 5.17. The van der Waals surface area contributed by atoms with Crippen molar-refractivity contribution in [1.82, 2.24) is 5.32 Å². The van der Waals surface area contributed by atoms with Gasteiger partial charge >= 0.3 is 0 Å². The van der Waals surface area contributed by atoms with Gasteiger partial charge in [-0.25, -0.2) is 0 Å². The first-order valence-corrected chi connectivity index (χ1v) is 7.26. The smallest absolute Gasteiger partial charge is 0.287 e. The Hall–Kier alpha value is -1.62. The fourth-order valence-electron chi connectivity index (χ4n) is 1.63. The summed E-state index contributed by atoms with van der Waals surface area (Å²) in [6.45, 7) is 4.75. The maximum absolute atomic E-state index is 12.0. The first-order chi connectivity index (χ1) is 8.91. The van der Waals surface area contributed by atoms with Crippen LogP contribution in [0.4, 0.5) is 5.69 Å². The molecule has 3 N–H and O–H groups in total. The van der Waals surface area contributed by atoms with Gasteiger partial charge in [-0.15, -0.1) is 0 Å². The van der Waals surface area contributed by atoms with Gasteiger partial charge in [-0.05, 0) is 44.4 Å². The number of nitrogen functional groups attached to an aromatic ring is 1. The minimum Gasteiger partial charge on any atom is -0.451 e. The van der Waals surface area contributed by atoms with Crippen LogP contribution >= 0.6 is 11.8 Å². The summed E-state index contributed by atoms with van der Waals surface area (Å²) in [7, 11) is 0. The van der Waals surface area contributed by atoms with E-state index in [1.54, 1.807) is 36.0 Å². The summed E-state index contributed by atoms with van der Waals surface area (Å²) in [5.41, 5.74) is 7.02. The van der Waals surface area contributed by atoms with E-state index in [1.807, 2.05) is 6.26 Å². The van der Waals surface area contributed by atoms with E-state index in [1.165, 1.54) is 0 Å². The molecule has 0 aliphatic heterocycles. The van der Waals surface area contributed by atoms with Gasteiger partial charge in [-0.1, -0.05) is 0 Å². The molecule has 0 aliphatic rings. The Kier molecular flexibility index (Phi) is 3.75. The Morgan fingerprint density at radius 2 is 2.16 bits per heavy atom. The molecule has 1 aromatic heterocycles. The van der Waals surface area contributed by atoms with Crippen molar-refractivity contribution >= 4 is 34.3 Å². The molecule has 2 aromatic rings. The van der Waals surface area contributed by atoms with Crippen molar-refractivity contribution in [3.63, 3.8) is 0 Å². The molecule has 5 heteroatoms. The van der Waals surface area contributed by atoms with Crippen molar-refractivity contribution in [3.05, 3.63) is 30.0 Å². The van der Waals surface area contributed by atoms with Crippen molar-refractivity contribution in [2.45, 2.75) is 18.6 Å². The van der Waals surface area contributed by atoms with Gasteiger partial charge < -0.3 is 15.5 Å². The zero-order chi connectivity index (χ0) is 14.0. The van der Waals surface area contributed by atoms with Crippen LogP contribution in [0.15, 0.2) is 28.7 Å². The Balaban J connectivity index is 2.13. The second-order valence-electron chi connectivity index (χ2n) is 5.05. The molecule has 0 radical (unpaired) electrons. The molecule has 0 unspecified atom stereocenters. The molecule has 0 saturated carbocycles. The summed E-state index contributed by atoms with van der Waals surface area (Å²) in [4.78, 5) is 12.0. The fraction of sp³-hybridized carbons (Fsp3) is 0.357. The topological polar surface area (TPSA) is 68.3 Å². The van der Waals surface area contributed by atoms with Crippen LogP contribution in [0.25, 0.3) is 11.0 Å². The van der Waals surface area contributed by atoms with Gasteiger partial charge in [0, 0.05) is 22.4 Å². The molecule has 4 nitrogen and oxygen atoms in total. The van der Waals surface area contributed by atoms with Gasteiger partial charge in [0.1, 0.15) is 5.58 Å². The van der Waals surface area contributed by atoms with Crippen LogP contribution in [-0.4, -0.2) is 23.5 Å². The lowest BCUT2D eigenvalue weighted by molar-refractivity contribution is 0.0925. The van der Waals surface area contributed by atoms with Crippen LogP contribution in [-0.2, 0) is 0 Å². The summed E-state index contributed by atoms with van der Waals surface area (Å²) < 4.78 is 5.52. The average Bonchev–Trinajstić information content (AvgIpc) is 2.79. The van der Waals surface area contributed by atoms with Crippen LogP contribution in [0.3, 0.4) is 0 Å². The minimum absolute atomic E-state index is 0.00606. The predicted molar refractivity (Wildman–Crippen MR) is 80.6 cm³/mol. The molecule has 0 atom stereocenters. The Bertz CT molecular complexity index is 605. The predicted octanol–water partition coefficient (Wildman–Crippen LogP) is 2.89. The first kappa shape index (κ1) is 13.8. The highest BCUT2D eigenvalue weighted by Crippen LogP contribution is 2.23. The Labute approximate surface area is 116 Å². The summed E-state index contributed by atoms with van der Waals surface area (Å²) in [6, 6.07) is 7.03. The molecule has 0 bridgehead atoms. The standard InChI is InChI=1S/C14H18N2O2S/c1-14(2,19-3)8-16-13(17)12-7-9-6-10(15)4-5-11(9)18-12/h4-7H,8,15H2,1-3H3,(H,16,17). The monoisotopic (exact) mass is 278 g/mol. The Morgan fingerprint density at radius 3 is 2.84 bits per heavy atom. The third-order valence-corrected chi connectivity index (χ3v) is 4.24. The second-order valence-corrected chi connectivity index (χ2v) is 6.57. The summed E-state index contributed by atoms with van der Waals surface area (Å²) in [5.74, 6) is 0.120. The van der Waals surface area contributed by atoms with E-state index in [9.17, 15) is 4.79 Å². The largest absolute Gasteiger partial charge is 0.451 e. The number of rotatable bonds is 4. The van der Waals surface area contributed by atoms with Crippen molar-refractivity contribution in [2.75, 3.05) is 18.5 Å². The molecule has 0 aliphatic carbocycles. The number of thioether (sulfide) groups is 1. The van der Waals surface area contributed by atoms with Crippen LogP contribution < -0.4 is 11.1 Å². The lowest BCUT2D eigenvalue weighted by atomic mass is 10.2. The van der Waals surface area contributed by atoms with Crippen molar-refractivity contribution in [2.24, 2.45) is 0 Å². The van der Waals surface area contributed by atoms with Crippen LogP contribution in [0.1, 0.15) is 24.4 Å². The molecular formula is C14H18N2O2S. The molecular weight excluding hydrogens is 260 g/mol. The summed E-state index contributed by atoms with van der Waals surface area (Å²) in [6.07, 6.45) is 2.02. The molecule has 0 fully saturated rings. The SMILES string of the molecule is CSC(C)(C)CNC(=O)c1cc2cc(N)ccc2o1. The number of carbonyl (C=O) groups is 1. The highest BCUT2D eigenvalue weighted by Gasteiger charge is 2.19. The highest BCUT2D eigenvalue weighted by molar-refractivity contribution is 7.99. The van der Waals surface area contributed by atoms with E-state index in [0.29, 0.717) is 23.6 Å². The van der Waals surface area contributed by atoms with Crippen LogP contribution in [0.2, 0.25) is 0 Å². The molecule has 0 spiro atoms. The summed E-state index contributed by atoms with van der Waals surface area (Å²) in [5, 5.41) is 3.72. The van der Waals surface area contributed by atoms with Gasteiger partial charge in [0.2, 0.25) is 0 Å². The van der Waals surface area contributed by atoms with Crippen LogP contribution in [0.5, 0.6) is 0 Å². The van der Waals surface area contributed by atoms with E-state index in [0.717, 1.165) is 5.39 Å². The zero-order valence-corrected chi connectivity index (χ0v) is 12.1.